The smallest absolute Gasteiger partial charge is 0.240 e. The molecule has 0 fully saturated rings. The van der Waals surface area contributed by atoms with Crippen LogP contribution >= 0.6 is 11.3 Å². The van der Waals surface area contributed by atoms with Crippen LogP contribution in [0.2, 0.25) is 0 Å². The first-order valence-electron chi connectivity index (χ1n) is 6.77. The first kappa shape index (κ1) is 16.7. The van der Waals surface area contributed by atoms with E-state index < -0.39 is 10.0 Å². The lowest BCUT2D eigenvalue weighted by Crippen LogP contribution is -2.20. The normalized spacial score (nSPS) is 11.4. The van der Waals surface area contributed by atoms with E-state index in [9.17, 15) is 13.2 Å². The van der Waals surface area contributed by atoms with Gasteiger partial charge in [0.25, 0.3) is 0 Å². The van der Waals surface area contributed by atoms with Crippen molar-refractivity contribution in [3.63, 3.8) is 0 Å². The number of hydrogen-bond donors (Lipinski definition) is 2. The van der Waals surface area contributed by atoms with Crippen LogP contribution in [0.4, 0.5) is 5.69 Å². The maximum atomic E-state index is 12.0. The fraction of sp³-hybridized carbons (Fsp3) is 0.267. The van der Waals surface area contributed by atoms with Gasteiger partial charge in [-0.1, -0.05) is 6.07 Å². The molecule has 0 bridgehead atoms. The quantitative estimate of drug-likeness (QED) is 0.850. The first-order valence-corrected chi connectivity index (χ1v) is 9.20. The Morgan fingerprint density at radius 3 is 2.68 bits per heavy atom. The average molecular weight is 338 g/mol. The highest BCUT2D eigenvalue weighted by atomic mass is 32.2. The molecule has 0 unspecified atom stereocenters. The summed E-state index contributed by atoms with van der Waals surface area (Å²) in [5.74, 6) is -0.136. The minimum atomic E-state index is -3.53. The van der Waals surface area contributed by atoms with E-state index in [-0.39, 0.29) is 10.8 Å². The number of carbonyl (C=O) groups excluding carboxylic acids is 1. The molecule has 0 radical (unpaired) electrons. The molecule has 1 amide bonds. The molecule has 2 aromatic rings. The van der Waals surface area contributed by atoms with E-state index in [1.165, 1.54) is 13.1 Å². The van der Waals surface area contributed by atoms with Crippen LogP contribution in [-0.2, 0) is 21.2 Å². The molecule has 2 N–H and O–H groups in total. The topological polar surface area (TPSA) is 75.3 Å². The summed E-state index contributed by atoms with van der Waals surface area (Å²) in [6, 6.07) is 6.84. The maximum Gasteiger partial charge on any atom is 0.240 e. The van der Waals surface area contributed by atoms with E-state index in [1.807, 2.05) is 16.8 Å². The minimum absolute atomic E-state index is 0.136. The SMILES string of the molecule is CNS(=O)(=O)c1cc(NC(=O)CCc2ccsc2)ccc1C. The van der Waals surface area contributed by atoms with Gasteiger partial charge in [-0.25, -0.2) is 13.1 Å². The van der Waals surface area contributed by atoms with Crippen LogP contribution in [0.25, 0.3) is 0 Å². The second-order valence-corrected chi connectivity index (χ2v) is 7.50. The summed E-state index contributed by atoms with van der Waals surface area (Å²) in [6.45, 7) is 1.71. The van der Waals surface area contributed by atoms with E-state index >= 15 is 0 Å². The van der Waals surface area contributed by atoms with Crippen molar-refractivity contribution in [3.05, 3.63) is 46.2 Å². The highest BCUT2D eigenvalue weighted by molar-refractivity contribution is 7.89. The summed E-state index contributed by atoms with van der Waals surface area (Å²) in [7, 11) is -2.17. The van der Waals surface area contributed by atoms with Crippen LogP contribution in [0.3, 0.4) is 0 Å². The van der Waals surface area contributed by atoms with Gasteiger partial charge in [-0.05, 0) is 60.5 Å². The Balaban J connectivity index is 2.06. The van der Waals surface area contributed by atoms with Gasteiger partial charge in [0.15, 0.2) is 0 Å². The van der Waals surface area contributed by atoms with E-state index in [0.29, 0.717) is 24.1 Å². The molecule has 118 valence electrons. The van der Waals surface area contributed by atoms with Crippen molar-refractivity contribution in [2.45, 2.75) is 24.7 Å². The molecule has 0 spiro atoms. The summed E-state index contributed by atoms with van der Waals surface area (Å²) in [4.78, 5) is 12.1. The molecule has 0 aliphatic rings. The molecular weight excluding hydrogens is 320 g/mol. The van der Waals surface area contributed by atoms with Gasteiger partial charge < -0.3 is 5.32 Å². The van der Waals surface area contributed by atoms with E-state index in [0.717, 1.165) is 5.56 Å². The number of thiophene rings is 1. The van der Waals surface area contributed by atoms with Crippen LogP contribution in [0.5, 0.6) is 0 Å². The molecule has 0 aliphatic heterocycles. The number of hydrogen-bond acceptors (Lipinski definition) is 4. The minimum Gasteiger partial charge on any atom is -0.326 e. The zero-order valence-electron chi connectivity index (χ0n) is 12.4. The van der Waals surface area contributed by atoms with Crippen LogP contribution in [-0.4, -0.2) is 21.4 Å². The molecule has 5 nitrogen and oxygen atoms in total. The van der Waals surface area contributed by atoms with Gasteiger partial charge in [0.2, 0.25) is 15.9 Å². The van der Waals surface area contributed by atoms with Crippen molar-refractivity contribution in [1.29, 1.82) is 0 Å². The Morgan fingerprint density at radius 2 is 2.05 bits per heavy atom. The molecule has 0 aliphatic carbocycles. The monoisotopic (exact) mass is 338 g/mol. The van der Waals surface area contributed by atoms with Crippen molar-refractivity contribution in [1.82, 2.24) is 4.72 Å². The number of aryl methyl sites for hydroxylation is 2. The molecule has 2 rings (SSSR count). The highest BCUT2D eigenvalue weighted by Crippen LogP contribution is 2.20. The van der Waals surface area contributed by atoms with Gasteiger partial charge in [-0.15, -0.1) is 0 Å². The number of nitrogens with one attached hydrogen (secondary N) is 2. The molecular formula is C15H18N2O3S2. The number of anilines is 1. The van der Waals surface area contributed by atoms with Gasteiger partial charge in [0, 0.05) is 12.1 Å². The second-order valence-electron chi connectivity index (χ2n) is 4.87. The van der Waals surface area contributed by atoms with Crippen LogP contribution in [0.15, 0.2) is 39.9 Å². The van der Waals surface area contributed by atoms with Gasteiger partial charge in [-0.2, -0.15) is 11.3 Å². The molecule has 22 heavy (non-hydrogen) atoms. The fourth-order valence-electron chi connectivity index (χ4n) is 1.99. The zero-order chi connectivity index (χ0) is 16.2. The van der Waals surface area contributed by atoms with E-state index in [4.69, 9.17) is 0 Å². The fourth-order valence-corrected chi connectivity index (χ4v) is 3.69. The van der Waals surface area contributed by atoms with E-state index in [1.54, 1.807) is 30.4 Å². The molecule has 1 heterocycles. The number of benzene rings is 1. The van der Waals surface area contributed by atoms with Crippen LogP contribution in [0, 0.1) is 6.92 Å². The summed E-state index contributed by atoms with van der Waals surface area (Å²) in [5.41, 5.74) is 2.24. The van der Waals surface area contributed by atoms with Crippen LogP contribution < -0.4 is 10.0 Å². The Morgan fingerprint density at radius 1 is 1.27 bits per heavy atom. The third kappa shape index (κ3) is 4.16. The lowest BCUT2D eigenvalue weighted by atomic mass is 10.2. The van der Waals surface area contributed by atoms with Gasteiger partial charge >= 0.3 is 0 Å². The summed E-state index contributed by atoms with van der Waals surface area (Å²) >= 11 is 1.60. The summed E-state index contributed by atoms with van der Waals surface area (Å²) < 4.78 is 26.1. The van der Waals surface area contributed by atoms with E-state index in [2.05, 4.69) is 10.0 Å². The number of rotatable bonds is 6. The van der Waals surface area contributed by atoms with Gasteiger partial charge in [0.1, 0.15) is 0 Å². The third-order valence-electron chi connectivity index (χ3n) is 3.25. The standard InChI is InChI=1S/C15H18N2O3S2/c1-11-3-5-13(9-14(11)22(19,20)16-2)17-15(18)6-4-12-7-8-21-10-12/h3,5,7-10,16H,4,6H2,1-2H3,(H,17,18). The molecule has 0 atom stereocenters. The van der Waals surface area contributed by atoms with Crippen molar-refractivity contribution < 1.29 is 13.2 Å². The number of sulfonamides is 1. The van der Waals surface area contributed by atoms with Gasteiger partial charge in [0.05, 0.1) is 4.90 Å². The molecule has 0 saturated carbocycles. The Labute approximate surface area is 134 Å². The predicted octanol–water partition coefficient (Wildman–Crippen LogP) is 2.54. The molecule has 0 saturated heterocycles. The summed E-state index contributed by atoms with van der Waals surface area (Å²) in [5, 5.41) is 6.73. The van der Waals surface area contributed by atoms with Crippen molar-refractivity contribution in [2.24, 2.45) is 0 Å². The predicted molar refractivity (Wildman–Crippen MR) is 88.7 cm³/mol. The van der Waals surface area contributed by atoms with Crippen molar-refractivity contribution >= 4 is 33.0 Å². The lowest BCUT2D eigenvalue weighted by Gasteiger charge is -2.10. The van der Waals surface area contributed by atoms with Crippen molar-refractivity contribution in [3.8, 4) is 0 Å². The zero-order valence-corrected chi connectivity index (χ0v) is 14.1. The Bertz CT molecular complexity index is 753. The number of amides is 1. The molecule has 1 aromatic heterocycles. The Kier molecular flexibility index (Phi) is 5.33. The highest BCUT2D eigenvalue weighted by Gasteiger charge is 2.15. The average Bonchev–Trinajstić information content (AvgIpc) is 3.00. The van der Waals surface area contributed by atoms with Crippen LogP contribution in [0.1, 0.15) is 17.5 Å². The third-order valence-corrected chi connectivity index (χ3v) is 5.54. The Hall–Kier alpha value is -1.70. The largest absolute Gasteiger partial charge is 0.326 e. The van der Waals surface area contributed by atoms with Crippen molar-refractivity contribution in [2.75, 3.05) is 12.4 Å². The molecule has 7 heteroatoms. The molecule has 1 aromatic carbocycles. The number of carbonyl (C=O) groups is 1. The first-order chi connectivity index (χ1) is 10.4. The van der Waals surface area contributed by atoms with Gasteiger partial charge in [-0.3, -0.25) is 4.79 Å². The second kappa shape index (κ2) is 7.04. The lowest BCUT2D eigenvalue weighted by molar-refractivity contribution is -0.116. The summed E-state index contributed by atoms with van der Waals surface area (Å²) in [6.07, 6.45) is 1.03. The maximum absolute atomic E-state index is 12.0.